The maximum atomic E-state index is 11.7. The van der Waals surface area contributed by atoms with Gasteiger partial charge >= 0.3 is 5.97 Å². The van der Waals surface area contributed by atoms with Crippen LogP contribution < -0.4 is 5.32 Å². The minimum Gasteiger partial charge on any atom is -0.462 e. The lowest BCUT2D eigenvalue weighted by atomic mass is 10.2. The molecule has 2 aromatic rings. The first kappa shape index (κ1) is 19.9. The number of aryl methyl sites for hydroxylation is 2. The molecule has 0 atom stereocenters. The van der Waals surface area contributed by atoms with Crippen LogP contribution in [0.15, 0.2) is 24.3 Å². The van der Waals surface area contributed by atoms with E-state index >= 15 is 0 Å². The predicted molar refractivity (Wildman–Crippen MR) is 107 cm³/mol. The summed E-state index contributed by atoms with van der Waals surface area (Å²) in [5, 5.41) is 8.35. The molecule has 1 N–H and O–H groups in total. The van der Waals surface area contributed by atoms with Crippen LogP contribution in [-0.4, -0.2) is 39.4 Å². The van der Waals surface area contributed by atoms with E-state index in [1.165, 1.54) is 11.3 Å². The van der Waals surface area contributed by atoms with Gasteiger partial charge in [-0.05, 0) is 64.2 Å². The number of thiocarbonyl (C=S) groups is 1. The fraction of sp³-hybridized carbons (Fsp3) is 0.421. The zero-order valence-corrected chi connectivity index (χ0v) is 16.8. The summed E-state index contributed by atoms with van der Waals surface area (Å²) in [4.78, 5) is 13.7. The molecular weight excluding hydrogens is 348 g/mol. The summed E-state index contributed by atoms with van der Waals surface area (Å²) in [6.07, 6.45) is 0. The summed E-state index contributed by atoms with van der Waals surface area (Å²) in [6, 6.07) is 7.08. The molecule has 0 aliphatic heterocycles. The highest BCUT2D eigenvalue weighted by Crippen LogP contribution is 2.16. The number of nitrogens with zero attached hydrogens (tertiary/aromatic N) is 3. The molecule has 0 aliphatic carbocycles. The second kappa shape index (κ2) is 8.80. The van der Waals surface area contributed by atoms with E-state index in [4.69, 9.17) is 17.0 Å². The summed E-state index contributed by atoms with van der Waals surface area (Å²) >= 11 is 5.50. The zero-order valence-electron chi connectivity index (χ0n) is 16.0. The molecule has 7 heteroatoms. The maximum absolute atomic E-state index is 11.7. The molecule has 1 aromatic carbocycles. The minimum absolute atomic E-state index is 0.322. The number of rotatable bonds is 6. The van der Waals surface area contributed by atoms with Crippen LogP contribution in [-0.2, 0) is 17.8 Å². The number of esters is 1. The van der Waals surface area contributed by atoms with Gasteiger partial charge in [0.2, 0.25) is 0 Å². The van der Waals surface area contributed by atoms with E-state index in [2.05, 4.69) is 24.3 Å². The van der Waals surface area contributed by atoms with Crippen molar-refractivity contribution in [1.82, 2.24) is 14.7 Å². The van der Waals surface area contributed by atoms with Crippen LogP contribution in [0.4, 0.5) is 5.69 Å². The van der Waals surface area contributed by atoms with Gasteiger partial charge in [-0.15, -0.1) is 0 Å². The maximum Gasteiger partial charge on any atom is 0.338 e. The lowest BCUT2D eigenvalue weighted by molar-refractivity contribution is 0.0526. The summed E-state index contributed by atoms with van der Waals surface area (Å²) in [7, 11) is 1.95. The van der Waals surface area contributed by atoms with Gasteiger partial charge in [0.05, 0.1) is 17.9 Å². The van der Waals surface area contributed by atoms with Gasteiger partial charge in [0, 0.05) is 37.1 Å². The van der Waals surface area contributed by atoms with Crippen LogP contribution in [0, 0.1) is 13.8 Å². The number of hydrogen-bond acceptors (Lipinski definition) is 4. The van der Waals surface area contributed by atoms with Crippen molar-refractivity contribution in [2.75, 3.05) is 19.0 Å². The number of carbonyl (C=O) groups is 1. The molecule has 26 heavy (non-hydrogen) atoms. The zero-order chi connectivity index (χ0) is 19.3. The quantitative estimate of drug-likeness (QED) is 0.617. The van der Waals surface area contributed by atoms with Gasteiger partial charge in [-0.1, -0.05) is 0 Å². The number of carbonyl (C=O) groups excluding carboxylic acids is 1. The number of nitrogens with one attached hydrogen (secondary N) is 1. The number of aromatic nitrogens is 2. The molecule has 140 valence electrons. The molecule has 0 radical (unpaired) electrons. The Morgan fingerprint density at radius 3 is 2.46 bits per heavy atom. The van der Waals surface area contributed by atoms with E-state index < -0.39 is 0 Å². The Morgan fingerprint density at radius 1 is 1.27 bits per heavy atom. The second-order valence-electron chi connectivity index (χ2n) is 6.05. The molecule has 0 saturated heterocycles. The standard InChI is InChI=1S/C19H26N4O2S/c1-6-23-14(4)17(13(3)21-23)12-22(5)19(26)20-16-10-8-15(9-11-16)18(24)25-7-2/h8-11H,6-7,12H2,1-5H3,(H,20,26). The summed E-state index contributed by atoms with van der Waals surface area (Å²) in [5.41, 5.74) is 4.73. The van der Waals surface area contributed by atoms with E-state index in [0.29, 0.717) is 23.8 Å². The molecular formula is C19H26N4O2S. The van der Waals surface area contributed by atoms with E-state index in [9.17, 15) is 4.79 Å². The third kappa shape index (κ3) is 4.60. The molecule has 1 heterocycles. The average Bonchev–Trinajstić information content (AvgIpc) is 2.89. The Labute approximate surface area is 160 Å². The van der Waals surface area contributed by atoms with Crippen LogP contribution in [0.1, 0.15) is 41.2 Å². The first-order valence-corrected chi connectivity index (χ1v) is 9.10. The lowest BCUT2D eigenvalue weighted by Crippen LogP contribution is -2.31. The Balaban J connectivity index is 2.01. The van der Waals surface area contributed by atoms with Gasteiger partial charge in [0.25, 0.3) is 0 Å². The SMILES string of the molecule is CCOC(=O)c1ccc(NC(=S)N(C)Cc2c(C)nn(CC)c2C)cc1. The second-order valence-corrected chi connectivity index (χ2v) is 6.44. The monoisotopic (exact) mass is 374 g/mol. The van der Waals surface area contributed by atoms with E-state index in [1.807, 2.05) is 35.7 Å². The fourth-order valence-corrected chi connectivity index (χ4v) is 2.89. The van der Waals surface area contributed by atoms with E-state index in [0.717, 1.165) is 17.9 Å². The van der Waals surface area contributed by atoms with Crippen molar-refractivity contribution in [3.05, 3.63) is 46.8 Å². The topological polar surface area (TPSA) is 59.4 Å². The first-order chi connectivity index (χ1) is 12.4. The molecule has 0 aliphatic rings. The van der Waals surface area contributed by atoms with Crippen molar-refractivity contribution in [1.29, 1.82) is 0 Å². The van der Waals surface area contributed by atoms with Gasteiger partial charge in [-0.3, -0.25) is 4.68 Å². The summed E-state index contributed by atoms with van der Waals surface area (Å²) < 4.78 is 6.99. The van der Waals surface area contributed by atoms with Crippen LogP contribution in [0.3, 0.4) is 0 Å². The van der Waals surface area contributed by atoms with E-state index in [-0.39, 0.29) is 5.97 Å². The first-order valence-electron chi connectivity index (χ1n) is 8.69. The number of benzene rings is 1. The Bertz CT molecular complexity index is 784. The Hall–Kier alpha value is -2.41. The highest BCUT2D eigenvalue weighted by Gasteiger charge is 2.14. The highest BCUT2D eigenvalue weighted by molar-refractivity contribution is 7.80. The summed E-state index contributed by atoms with van der Waals surface area (Å²) in [6.45, 7) is 9.87. The minimum atomic E-state index is -0.322. The van der Waals surface area contributed by atoms with Gasteiger partial charge in [0.1, 0.15) is 0 Å². The molecule has 2 rings (SSSR count). The van der Waals surface area contributed by atoms with Crippen LogP contribution in [0.5, 0.6) is 0 Å². The number of anilines is 1. The predicted octanol–water partition coefficient (Wildman–Crippen LogP) is 3.53. The molecule has 0 bridgehead atoms. The number of hydrogen-bond donors (Lipinski definition) is 1. The Morgan fingerprint density at radius 2 is 1.92 bits per heavy atom. The average molecular weight is 375 g/mol. The van der Waals surface area contributed by atoms with Gasteiger partial charge in [-0.25, -0.2) is 4.79 Å². The number of ether oxygens (including phenoxy) is 1. The summed E-state index contributed by atoms with van der Waals surface area (Å²) in [5.74, 6) is -0.322. The van der Waals surface area contributed by atoms with Gasteiger partial charge in [-0.2, -0.15) is 5.10 Å². The van der Waals surface area contributed by atoms with Crippen molar-refractivity contribution < 1.29 is 9.53 Å². The van der Waals surface area contributed by atoms with Gasteiger partial charge in [0.15, 0.2) is 5.11 Å². The van der Waals surface area contributed by atoms with E-state index in [1.54, 1.807) is 19.1 Å². The molecule has 0 fully saturated rings. The molecule has 0 saturated carbocycles. The van der Waals surface area contributed by atoms with Crippen LogP contribution >= 0.6 is 12.2 Å². The normalized spacial score (nSPS) is 10.5. The van der Waals surface area contributed by atoms with Crippen LogP contribution in [0.25, 0.3) is 0 Å². The smallest absolute Gasteiger partial charge is 0.338 e. The molecule has 0 unspecified atom stereocenters. The molecule has 0 amide bonds. The highest BCUT2D eigenvalue weighted by atomic mass is 32.1. The fourth-order valence-electron chi connectivity index (χ4n) is 2.70. The van der Waals surface area contributed by atoms with Crippen molar-refractivity contribution >= 4 is 29.0 Å². The van der Waals surface area contributed by atoms with Crippen molar-refractivity contribution in [3.8, 4) is 0 Å². The third-order valence-electron chi connectivity index (χ3n) is 4.22. The molecule has 6 nitrogen and oxygen atoms in total. The van der Waals surface area contributed by atoms with Crippen molar-refractivity contribution in [2.24, 2.45) is 0 Å². The third-order valence-corrected chi connectivity index (χ3v) is 4.63. The molecule has 1 aromatic heterocycles. The lowest BCUT2D eigenvalue weighted by Gasteiger charge is -2.21. The van der Waals surface area contributed by atoms with Crippen LogP contribution in [0.2, 0.25) is 0 Å². The Kier molecular flexibility index (Phi) is 6.74. The van der Waals surface area contributed by atoms with Gasteiger partial charge < -0.3 is 15.0 Å². The largest absolute Gasteiger partial charge is 0.462 e. The van der Waals surface area contributed by atoms with Crippen molar-refractivity contribution in [3.63, 3.8) is 0 Å². The van der Waals surface area contributed by atoms with Crippen molar-refractivity contribution in [2.45, 2.75) is 40.8 Å². The molecule has 0 spiro atoms.